The molecule has 0 bridgehead atoms. The van der Waals surface area contributed by atoms with E-state index < -0.39 is 11.9 Å². The molecule has 118 valence electrons. The van der Waals surface area contributed by atoms with E-state index in [1.165, 1.54) is 17.7 Å². The fourth-order valence-electron chi connectivity index (χ4n) is 3.14. The van der Waals surface area contributed by atoms with Crippen molar-refractivity contribution in [2.24, 2.45) is 5.92 Å². The van der Waals surface area contributed by atoms with Gasteiger partial charge >= 0.3 is 5.97 Å². The van der Waals surface area contributed by atoms with Gasteiger partial charge in [-0.2, -0.15) is 0 Å². The Hall–Kier alpha value is -1.59. The van der Waals surface area contributed by atoms with Crippen molar-refractivity contribution in [2.45, 2.75) is 57.4 Å². The number of nitrogens with one attached hydrogen (secondary N) is 1. The number of carbonyl (C=O) groups is 3. The summed E-state index contributed by atoms with van der Waals surface area (Å²) in [5.74, 6) is -1.73. The van der Waals surface area contributed by atoms with Crippen LogP contribution >= 0.6 is 0 Å². The van der Waals surface area contributed by atoms with Crippen LogP contribution in [0.4, 0.5) is 0 Å². The van der Waals surface area contributed by atoms with Crippen molar-refractivity contribution in [3.63, 3.8) is 0 Å². The molecule has 2 N–H and O–H groups in total. The molecule has 0 aromatic heterocycles. The zero-order valence-corrected chi connectivity index (χ0v) is 12.3. The van der Waals surface area contributed by atoms with E-state index in [9.17, 15) is 14.4 Å². The second kappa shape index (κ2) is 7.43. The highest BCUT2D eigenvalue weighted by atomic mass is 16.4. The van der Waals surface area contributed by atoms with Crippen molar-refractivity contribution in [2.75, 3.05) is 13.1 Å². The SMILES string of the molecule is O=C(CN1CC(C(=O)O)CCC1=O)NC1CCCCCC1. The normalized spacial score (nSPS) is 24.5. The molecular weight excluding hydrogens is 272 g/mol. The van der Waals surface area contributed by atoms with Crippen LogP contribution in [0, 0.1) is 5.92 Å². The number of likely N-dealkylation sites (tertiary alicyclic amines) is 1. The van der Waals surface area contributed by atoms with E-state index in [4.69, 9.17) is 5.11 Å². The smallest absolute Gasteiger partial charge is 0.308 e. The van der Waals surface area contributed by atoms with Crippen LogP contribution in [0.3, 0.4) is 0 Å². The van der Waals surface area contributed by atoms with Crippen LogP contribution < -0.4 is 5.32 Å². The zero-order chi connectivity index (χ0) is 15.2. The van der Waals surface area contributed by atoms with E-state index >= 15 is 0 Å². The lowest BCUT2D eigenvalue weighted by atomic mass is 9.98. The lowest BCUT2D eigenvalue weighted by Gasteiger charge is -2.30. The maximum absolute atomic E-state index is 12.1. The van der Waals surface area contributed by atoms with Gasteiger partial charge in [-0.25, -0.2) is 0 Å². The molecule has 1 saturated carbocycles. The summed E-state index contributed by atoms with van der Waals surface area (Å²) in [6.07, 6.45) is 7.29. The summed E-state index contributed by atoms with van der Waals surface area (Å²) in [6, 6.07) is 0.204. The third kappa shape index (κ3) is 4.72. The summed E-state index contributed by atoms with van der Waals surface area (Å²) >= 11 is 0. The second-order valence-corrected chi connectivity index (χ2v) is 6.10. The fraction of sp³-hybridized carbons (Fsp3) is 0.800. The third-order valence-electron chi connectivity index (χ3n) is 4.40. The molecule has 1 heterocycles. The largest absolute Gasteiger partial charge is 0.481 e. The highest BCUT2D eigenvalue weighted by Crippen LogP contribution is 2.19. The summed E-state index contributed by atoms with van der Waals surface area (Å²) in [5, 5.41) is 12.0. The molecule has 2 aliphatic rings. The number of amides is 2. The number of rotatable bonds is 4. The molecule has 2 rings (SSSR count). The summed E-state index contributed by atoms with van der Waals surface area (Å²) in [6.45, 7) is 0.130. The molecule has 2 amide bonds. The number of nitrogens with zero attached hydrogens (tertiary/aromatic N) is 1. The molecule has 6 heteroatoms. The maximum Gasteiger partial charge on any atom is 0.308 e. The topological polar surface area (TPSA) is 86.7 Å². The van der Waals surface area contributed by atoms with Gasteiger partial charge in [0, 0.05) is 19.0 Å². The molecule has 1 atom stereocenters. The first-order chi connectivity index (χ1) is 10.1. The third-order valence-corrected chi connectivity index (χ3v) is 4.40. The number of hydrogen-bond donors (Lipinski definition) is 2. The van der Waals surface area contributed by atoms with Gasteiger partial charge in [-0.05, 0) is 19.3 Å². The van der Waals surface area contributed by atoms with Crippen LogP contribution in [-0.2, 0) is 14.4 Å². The Morgan fingerprint density at radius 3 is 2.43 bits per heavy atom. The minimum atomic E-state index is -0.892. The van der Waals surface area contributed by atoms with Gasteiger partial charge in [0.05, 0.1) is 12.5 Å². The average molecular weight is 296 g/mol. The Kier molecular flexibility index (Phi) is 5.59. The first kappa shape index (κ1) is 15.8. The molecule has 1 unspecified atom stereocenters. The van der Waals surface area contributed by atoms with Crippen molar-refractivity contribution in [1.29, 1.82) is 0 Å². The standard InChI is InChI=1S/C15H24N2O4/c18-13(16-12-5-3-1-2-4-6-12)10-17-9-11(15(20)21)7-8-14(17)19/h11-12H,1-10H2,(H,16,18)(H,20,21). The van der Waals surface area contributed by atoms with E-state index in [1.807, 2.05) is 0 Å². The van der Waals surface area contributed by atoms with Gasteiger partial charge in [0.1, 0.15) is 0 Å². The highest BCUT2D eigenvalue weighted by Gasteiger charge is 2.31. The molecule has 0 spiro atoms. The van der Waals surface area contributed by atoms with Crippen molar-refractivity contribution in [3.8, 4) is 0 Å². The average Bonchev–Trinajstić information content (AvgIpc) is 2.69. The number of aliphatic carboxylic acids is 1. The monoisotopic (exact) mass is 296 g/mol. The molecule has 1 aliphatic carbocycles. The number of hydrogen-bond acceptors (Lipinski definition) is 3. The van der Waals surface area contributed by atoms with Crippen molar-refractivity contribution >= 4 is 17.8 Å². The molecule has 2 fully saturated rings. The summed E-state index contributed by atoms with van der Waals surface area (Å²) in [4.78, 5) is 36.3. The molecule has 0 radical (unpaired) electrons. The second-order valence-electron chi connectivity index (χ2n) is 6.10. The summed E-state index contributed by atoms with van der Waals surface area (Å²) < 4.78 is 0. The predicted octanol–water partition coefficient (Wildman–Crippen LogP) is 1.15. The Morgan fingerprint density at radius 1 is 1.14 bits per heavy atom. The van der Waals surface area contributed by atoms with Crippen LogP contribution in [0.15, 0.2) is 0 Å². The summed E-state index contributed by atoms with van der Waals surface area (Å²) in [5.41, 5.74) is 0. The fourth-order valence-corrected chi connectivity index (χ4v) is 3.14. The van der Waals surface area contributed by atoms with Gasteiger partial charge in [0.15, 0.2) is 0 Å². The maximum atomic E-state index is 12.1. The van der Waals surface area contributed by atoms with E-state index in [0.717, 1.165) is 25.7 Å². The number of carbonyl (C=O) groups excluding carboxylic acids is 2. The van der Waals surface area contributed by atoms with Gasteiger partial charge < -0.3 is 15.3 Å². The first-order valence-corrected chi connectivity index (χ1v) is 7.86. The van der Waals surface area contributed by atoms with Gasteiger partial charge in [-0.1, -0.05) is 25.7 Å². The van der Waals surface area contributed by atoms with Gasteiger partial charge in [-0.15, -0.1) is 0 Å². The first-order valence-electron chi connectivity index (χ1n) is 7.86. The number of carboxylic acids is 1. The van der Waals surface area contributed by atoms with Gasteiger partial charge in [0.25, 0.3) is 0 Å². The lowest BCUT2D eigenvalue weighted by Crippen LogP contribution is -2.48. The number of piperidine rings is 1. The van der Waals surface area contributed by atoms with E-state index in [1.54, 1.807) is 0 Å². The molecule has 0 aromatic carbocycles. The quantitative estimate of drug-likeness (QED) is 0.762. The Morgan fingerprint density at radius 2 is 1.81 bits per heavy atom. The van der Waals surface area contributed by atoms with E-state index in [-0.39, 0.29) is 37.4 Å². The Bertz CT molecular complexity index is 402. The molecular formula is C15H24N2O4. The van der Waals surface area contributed by atoms with Crippen molar-refractivity contribution in [3.05, 3.63) is 0 Å². The van der Waals surface area contributed by atoms with Crippen molar-refractivity contribution in [1.82, 2.24) is 10.2 Å². The molecule has 21 heavy (non-hydrogen) atoms. The summed E-state index contributed by atoms with van der Waals surface area (Å²) in [7, 11) is 0. The minimum absolute atomic E-state index is 0.0148. The molecule has 1 saturated heterocycles. The van der Waals surface area contributed by atoms with Crippen LogP contribution in [-0.4, -0.2) is 46.9 Å². The van der Waals surface area contributed by atoms with Gasteiger partial charge in [0.2, 0.25) is 11.8 Å². The Labute approximate surface area is 124 Å². The predicted molar refractivity (Wildman–Crippen MR) is 76.6 cm³/mol. The van der Waals surface area contributed by atoms with E-state index in [2.05, 4.69) is 5.32 Å². The zero-order valence-electron chi connectivity index (χ0n) is 12.3. The molecule has 0 aromatic rings. The van der Waals surface area contributed by atoms with Crippen LogP contribution in [0.5, 0.6) is 0 Å². The van der Waals surface area contributed by atoms with Crippen LogP contribution in [0.2, 0.25) is 0 Å². The van der Waals surface area contributed by atoms with Crippen molar-refractivity contribution < 1.29 is 19.5 Å². The molecule has 6 nitrogen and oxygen atoms in total. The Balaban J connectivity index is 1.82. The van der Waals surface area contributed by atoms with Crippen LogP contribution in [0.25, 0.3) is 0 Å². The minimum Gasteiger partial charge on any atom is -0.481 e. The molecule has 1 aliphatic heterocycles. The number of carboxylic acid groups (broad SMARTS) is 1. The highest BCUT2D eigenvalue weighted by molar-refractivity contribution is 5.86. The van der Waals surface area contributed by atoms with Crippen LogP contribution in [0.1, 0.15) is 51.4 Å². The lowest BCUT2D eigenvalue weighted by molar-refractivity contribution is -0.149. The van der Waals surface area contributed by atoms with Gasteiger partial charge in [-0.3, -0.25) is 14.4 Å². The van der Waals surface area contributed by atoms with E-state index in [0.29, 0.717) is 6.42 Å².